The Balaban J connectivity index is 1.85. The van der Waals surface area contributed by atoms with Crippen LogP contribution in [0.15, 0.2) is 0 Å². The normalized spacial score (nSPS) is 46.6. The minimum Gasteiger partial charge on any atom is -0.394 e. The van der Waals surface area contributed by atoms with Crippen LogP contribution in [-0.2, 0) is 23.7 Å². The number of aliphatic hydroxyl groups excluding tert-OH is 7. The van der Waals surface area contributed by atoms with Crippen molar-refractivity contribution in [2.24, 2.45) is 22.9 Å². The molecule has 3 fully saturated rings. The van der Waals surface area contributed by atoms with E-state index in [2.05, 4.69) is 5.32 Å². The number of nitrogens with one attached hydrogen (secondary N) is 1. The number of rotatable bonds is 10. The maximum atomic E-state index is 12.4. The Morgan fingerprint density at radius 3 is 2.18 bits per heavy atom. The predicted molar refractivity (Wildman–Crippen MR) is 130 cm³/mol. The highest BCUT2D eigenvalue weighted by Gasteiger charge is 2.53. The first kappa shape index (κ1) is 32.4. The third kappa shape index (κ3) is 7.03. The fraction of sp³-hybridized carbons (Fsp3) is 0.955. The Morgan fingerprint density at radius 2 is 1.62 bits per heavy atom. The summed E-state index contributed by atoms with van der Waals surface area (Å²) in [7, 11) is 0. The lowest BCUT2D eigenvalue weighted by atomic mass is 9.83. The van der Waals surface area contributed by atoms with Crippen molar-refractivity contribution in [1.82, 2.24) is 5.32 Å². The molecule has 0 spiro atoms. The third-order valence-corrected chi connectivity index (χ3v) is 7.38. The number of ether oxygens (including phenoxy) is 4. The van der Waals surface area contributed by atoms with Crippen molar-refractivity contribution in [1.29, 1.82) is 0 Å². The van der Waals surface area contributed by atoms with Gasteiger partial charge in [-0.25, -0.2) is 0 Å². The molecule has 39 heavy (non-hydrogen) atoms. The zero-order valence-electron chi connectivity index (χ0n) is 21.5. The molecule has 2 saturated heterocycles. The smallest absolute Gasteiger partial charge is 0.249 e. The van der Waals surface area contributed by atoms with Crippen LogP contribution in [0.3, 0.4) is 0 Å². The largest absolute Gasteiger partial charge is 0.394 e. The maximum Gasteiger partial charge on any atom is 0.249 e. The number of aliphatic hydroxyl groups is 7. The van der Waals surface area contributed by atoms with Gasteiger partial charge < -0.3 is 82.9 Å². The molecule has 2 heterocycles. The van der Waals surface area contributed by atoms with Crippen molar-refractivity contribution >= 4 is 5.91 Å². The molecule has 0 aromatic rings. The second-order valence-electron chi connectivity index (χ2n) is 10.4. The highest BCUT2D eigenvalue weighted by Crippen LogP contribution is 2.33. The zero-order chi connectivity index (χ0) is 29.2. The van der Waals surface area contributed by atoms with Gasteiger partial charge in [0.2, 0.25) is 5.91 Å². The van der Waals surface area contributed by atoms with E-state index in [1.54, 1.807) is 6.92 Å². The summed E-state index contributed by atoms with van der Waals surface area (Å²) in [5.74, 6) is -0.806. The average molecular weight is 570 g/mol. The van der Waals surface area contributed by atoms with Gasteiger partial charge in [0.15, 0.2) is 12.6 Å². The lowest BCUT2D eigenvalue weighted by Crippen LogP contribution is -2.69. The molecule has 0 radical (unpaired) electrons. The number of hydrogen-bond donors (Lipinski definition) is 12. The molecule has 7 unspecified atom stereocenters. The molecule has 16 atom stereocenters. The summed E-state index contributed by atoms with van der Waals surface area (Å²) >= 11 is 0. The van der Waals surface area contributed by atoms with Crippen LogP contribution in [0.1, 0.15) is 19.8 Å². The predicted octanol–water partition coefficient (Wildman–Crippen LogP) is -7.40. The van der Waals surface area contributed by atoms with Gasteiger partial charge in [0.25, 0.3) is 0 Å². The SMILES string of the molecule is C[C@H](N)[C@H]1O[C@@H](OC2[C@H](O[C@H]3OC(CO)[C@@H](O)C(O)C3N)C(N)C[C@@H](NC(=O)[C@@H](O)CCN)[C@H]2O)C(O)C1O. The first-order valence-electron chi connectivity index (χ1n) is 12.9. The van der Waals surface area contributed by atoms with Crippen LogP contribution in [0.2, 0.25) is 0 Å². The fourth-order valence-corrected chi connectivity index (χ4v) is 5.04. The number of hydrogen-bond acceptors (Lipinski definition) is 16. The average Bonchev–Trinajstić information content (AvgIpc) is 3.17. The van der Waals surface area contributed by atoms with Crippen molar-refractivity contribution in [3.05, 3.63) is 0 Å². The van der Waals surface area contributed by atoms with E-state index in [-0.39, 0.29) is 19.4 Å². The highest BCUT2D eigenvalue weighted by atomic mass is 16.7. The summed E-state index contributed by atoms with van der Waals surface area (Å²) in [6.07, 6.45) is -17.0. The van der Waals surface area contributed by atoms with Crippen LogP contribution in [-0.4, -0.2) is 153 Å². The number of amides is 1. The van der Waals surface area contributed by atoms with E-state index in [4.69, 9.17) is 41.9 Å². The van der Waals surface area contributed by atoms with E-state index in [1.165, 1.54) is 0 Å². The van der Waals surface area contributed by atoms with E-state index in [1.807, 2.05) is 0 Å². The molecule has 0 bridgehead atoms. The number of nitrogens with two attached hydrogens (primary N) is 4. The van der Waals surface area contributed by atoms with Crippen LogP contribution in [0.25, 0.3) is 0 Å². The molecule has 16 N–H and O–H groups in total. The summed E-state index contributed by atoms with van der Waals surface area (Å²) in [6, 6.07) is -4.04. The number of carbonyl (C=O) groups is 1. The van der Waals surface area contributed by atoms with E-state index < -0.39 is 110 Å². The second-order valence-corrected chi connectivity index (χ2v) is 10.4. The molecular formula is C22H43N5O12. The Morgan fingerprint density at radius 1 is 0.974 bits per heavy atom. The monoisotopic (exact) mass is 569 g/mol. The van der Waals surface area contributed by atoms with Gasteiger partial charge in [-0.1, -0.05) is 0 Å². The summed E-state index contributed by atoms with van der Waals surface area (Å²) in [5, 5.41) is 74.5. The lowest BCUT2D eigenvalue weighted by molar-refractivity contribution is -0.310. The van der Waals surface area contributed by atoms with E-state index >= 15 is 0 Å². The molecule has 228 valence electrons. The third-order valence-electron chi connectivity index (χ3n) is 7.38. The van der Waals surface area contributed by atoms with Crippen molar-refractivity contribution in [2.75, 3.05) is 13.2 Å². The number of carbonyl (C=O) groups excluding carboxylic acids is 1. The molecule has 17 nitrogen and oxygen atoms in total. The van der Waals surface area contributed by atoms with Crippen LogP contribution in [0, 0.1) is 0 Å². The van der Waals surface area contributed by atoms with Gasteiger partial charge in [-0.05, 0) is 26.3 Å². The maximum absolute atomic E-state index is 12.4. The lowest BCUT2D eigenvalue weighted by Gasteiger charge is -2.47. The molecular weight excluding hydrogens is 526 g/mol. The van der Waals surface area contributed by atoms with Crippen molar-refractivity contribution in [3.8, 4) is 0 Å². The summed E-state index contributed by atoms with van der Waals surface area (Å²) in [4.78, 5) is 12.4. The van der Waals surface area contributed by atoms with Crippen LogP contribution < -0.4 is 28.3 Å². The Kier molecular flexibility index (Phi) is 11.4. The van der Waals surface area contributed by atoms with Crippen LogP contribution in [0.5, 0.6) is 0 Å². The minimum atomic E-state index is -1.57. The quantitative estimate of drug-likeness (QED) is 0.116. The first-order valence-corrected chi connectivity index (χ1v) is 12.9. The van der Waals surface area contributed by atoms with E-state index in [0.29, 0.717) is 0 Å². The topological polar surface area (TPSA) is 312 Å². The van der Waals surface area contributed by atoms with Gasteiger partial charge in [-0.2, -0.15) is 0 Å². The standard InChI is InChI=1S/C22H43N5O12/c1-6(24)17-15(33)16(34)22(37-17)39-19-12(30)8(27-20(35)9(29)2-3-23)4-7(25)18(19)38-21-11(26)14(32)13(31)10(5-28)36-21/h6-19,21-22,28-34H,2-5,23-26H2,1H3,(H,27,35)/t6-,7?,8+,9-,10?,11?,12+,13+,14?,15?,16?,17+,18+,19?,21+,22-/m0/s1. The van der Waals surface area contributed by atoms with E-state index in [9.17, 15) is 40.5 Å². The molecule has 3 aliphatic rings. The molecule has 17 heteroatoms. The molecule has 1 aliphatic carbocycles. The second kappa shape index (κ2) is 13.7. The summed E-state index contributed by atoms with van der Waals surface area (Å²) < 4.78 is 22.9. The molecule has 3 rings (SSSR count). The van der Waals surface area contributed by atoms with Gasteiger partial charge in [-0.3, -0.25) is 4.79 Å². The van der Waals surface area contributed by atoms with Crippen molar-refractivity contribution in [2.45, 2.75) is 118 Å². The van der Waals surface area contributed by atoms with Gasteiger partial charge in [-0.15, -0.1) is 0 Å². The van der Waals surface area contributed by atoms with Crippen molar-refractivity contribution in [3.63, 3.8) is 0 Å². The summed E-state index contributed by atoms with van der Waals surface area (Å²) in [5.41, 5.74) is 23.6. The van der Waals surface area contributed by atoms with Crippen LogP contribution >= 0.6 is 0 Å². The first-order chi connectivity index (χ1) is 18.3. The van der Waals surface area contributed by atoms with Gasteiger partial charge in [0.1, 0.15) is 61.0 Å². The Labute approximate surface area is 224 Å². The Hall–Kier alpha value is -1.13. The van der Waals surface area contributed by atoms with Gasteiger partial charge in [0, 0.05) is 12.1 Å². The molecule has 0 aromatic heterocycles. The van der Waals surface area contributed by atoms with Crippen LogP contribution in [0.4, 0.5) is 0 Å². The summed E-state index contributed by atoms with van der Waals surface area (Å²) in [6.45, 7) is 0.930. The van der Waals surface area contributed by atoms with Crippen molar-refractivity contribution < 1.29 is 59.5 Å². The Bertz CT molecular complexity index is 799. The van der Waals surface area contributed by atoms with Gasteiger partial charge >= 0.3 is 0 Å². The highest BCUT2D eigenvalue weighted by molar-refractivity contribution is 5.80. The fourth-order valence-electron chi connectivity index (χ4n) is 5.04. The van der Waals surface area contributed by atoms with E-state index in [0.717, 1.165) is 0 Å². The van der Waals surface area contributed by atoms with Gasteiger partial charge in [0.05, 0.1) is 18.7 Å². The molecule has 1 amide bonds. The molecule has 1 saturated carbocycles. The zero-order valence-corrected chi connectivity index (χ0v) is 21.5. The molecule has 0 aromatic carbocycles. The molecule has 2 aliphatic heterocycles. The minimum absolute atomic E-state index is 0.0257.